The van der Waals surface area contributed by atoms with Crippen LogP contribution in [0.4, 0.5) is 0 Å². The highest BCUT2D eigenvalue weighted by atomic mass is 16.2. The summed E-state index contributed by atoms with van der Waals surface area (Å²) in [6, 6.07) is 0. The first kappa shape index (κ1) is 13.5. The number of carbonyl (C=O) groups excluding carboxylic acids is 2. The Morgan fingerprint density at radius 2 is 1.87 bits per heavy atom. The van der Waals surface area contributed by atoms with Crippen molar-refractivity contribution in [2.75, 3.05) is 40.8 Å². The first-order valence-corrected chi connectivity index (χ1v) is 4.56. The van der Waals surface area contributed by atoms with E-state index in [0.717, 1.165) is 0 Å². The van der Waals surface area contributed by atoms with Crippen molar-refractivity contribution in [2.24, 2.45) is 0 Å². The summed E-state index contributed by atoms with van der Waals surface area (Å²) in [6.07, 6.45) is 4.99. The van der Waals surface area contributed by atoms with Gasteiger partial charge in [0, 0.05) is 14.1 Å². The van der Waals surface area contributed by atoms with Crippen molar-refractivity contribution in [1.29, 1.82) is 0 Å². The van der Waals surface area contributed by atoms with Gasteiger partial charge in [-0.25, -0.2) is 0 Å². The molecular formula is C10H17N3O2. The molecule has 15 heavy (non-hydrogen) atoms. The van der Waals surface area contributed by atoms with Gasteiger partial charge in [-0.05, 0) is 7.05 Å². The van der Waals surface area contributed by atoms with Crippen molar-refractivity contribution < 1.29 is 9.59 Å². The Morgan fingerprint density at radius 1 is 1.27 bits per heavy atom. The van der Waals surface area contributed by atoms with E-state index in [1.165, 1.54) is 4.90 Å². The van der Waals surface area contributed by atoms with Crippen LogP contribution in [0.3, 0.4) is 0 Å². The number of rotatable bonds is 5. The normalized spacial score (nSPS) is 9.53. The molecule has 0 aromatic rings. The van der Waals surface area contributed by atoms with Crippen LogP contribution in [0.1, 0.15) is 0 Å². The van der Waals surface area contributed by atoms with Crippen molar-refractivity contribution in [3.8, 4) is 12.3 Å². The maximum absolute atomic E-state index is 11.3. The van der Waals surface area contributed by atoms with Crippen LogP contribution < -0.4 is 5.32 Å². The molecule has 0 aromatic carbocycles. The van der Waals surface area contributed by atoms with E-state index in [1.807, 2.05) is 0 Å². The van der Waals surface area contributed by atoms with E-state index in [2.05, 4.69) is 11.2 Å². The maximum Gasteiger partial charge on any atom is 0.236 e. The lowest BCUT2D eigenvalue weighted by molar-refractivity contribution is -0.130. The average molecular weight is 211 g/mol. The van der Waals surface area contributed by atoms with Crippen molar-refractivity contribution >= 4 is 11.8 Å². The summed E-state index contributed by atoms with van der Waals surface area (Å²) in [5.41, 5.74) is 0. The van der Waals surface area contributed by atoms with Crippen LogP contribution >= 0.6 is 0 Å². The van der Waals surface area contributed by atoms with E-state index in [1.54, 1.807) is 26.0 Å². The van der Waals surface area contributed by atoms with Gasteiger partial charge in [-0.3, -0.25) is 14.5 Å². The van der Waals surface area contributed by atoms with Crippen LogP contribution in [0.2, 0.25) is 0 Å². The number of carbonyl (C=O) groups is 2. The van der Waals surface area contributed by atoms with Crippen molar-refractivity contribution in [3.63, 3.8) is 0 Å². The molecule has 84 valence electrons. The predicted octanol–water partition coefficient (Wildman–Crippen LogP) is -1.24. The Kier molecular flexibility index (Phi) is 6.14. The fourth-order valence-corrected chi connectivity index (χ4v) is 0.879. The van der Waals surface area contributed by atoms with E-state index in [9.17, 15) is 9.59 Å². The Bertz CT molecular complexity index is 268. The third kappa shape index (κ3) is 6.52. The second-order valence-corrected chi connectivity index (χ2v) is 3.44. The van der Waals surface area contributed by atoms with E-state index >= 15 is 0 Å². The smallest absolute Gasteiger partial charge is 0.236 e. The Labute approximate surface area is 90.4 Å². The lowest BCUT2D eigenvalue weighted by Gasteiger charge is -2.18. The van der Waals surface area contributed by atoms with E-state index in [-0.39, 0.29) is 31.4 Å². The molecule has 0 heterocycles. The molecule has 0 aliphatic rings. The summed E-state index contributed by atoms with van der Waals surface area (Å²) in [7, 11) is 5.06. The molecule has 0 aliphatic carbocycles. The van der Waals surface area contributed by atoms with Gasteiger partial charge in [-0.1, -0.05) is 5.92 Å². The lowest BCUT2D eigenvalue weighted by atomic mass is 10.4. The zero-order chi connectivity index (χ0) is 11.8. The molecule has 0 radical (unpaired) electrons. The average Bonchev–Trinajstić information content (AvgIpc) is 2.14. The topological polar surface area (TPSA) is 52.7 Å². The molecular weight excluding hydrogens is 194 g/mol. The monoisotopic (exact) mass is 211 g/mol. The molecule has 0 saturated heterocycles. The first-order valence-electron chi connectivity index (χ1n) is 4.56. The fraction of sp³-hybridized carbons (Fsp3) is 0.600. The summed E-state index contributed by atoms with van der Waals surface area (Å²) in [6.45, 7) is 0.603. The molecule has 0 aromatic heterocycles. The summed E-state index contributed by atoms with van der Waals surface area (Å²) >= 11 is 0. The van der Waals surface area contributed by atoms with Crippen LogP contribution in [0.15, 0.2) is 0 Å². The van der Waals surface area contributed by atoms with Gasteiger partial charge in [0.05, 0.1) is 19.6 Å². The van der Waals surface area contributed by atoms with Gasteiger partial charge in [-0.2, -0.15) is 0 Å². The Hall–Kier alpha value is -1.54. The zero-order valence-electron chi connectivity index (χ0n) is 9.41. The molecule has 1 N–H and O–H groups in total. The largest absolute Gasteiger partial charge is 0.348 e. The number of hydrogen-bond acceptors (Lipinski definition) is 3. The van der Waals surface area contributed by atoms with Crippen molar-refractivity contribution in [3.05, 3.63) is 0 Å². The molecule has 5 nitrogen and oxygen atoms in total. The van der Waals surface area contributed by atoms with Crippen molar-refractivity contribution in [1.82, 2.24) is 15.1 Å². The SMILES string of the molecule is C#CCNC(=O)CN(C)CC(=O)N(C)C. The van der Waals surface area contributed by atoms with Gasteiger partial charge in [-0.15, -0.1) is 6.42 Å². The van der Waals surface area contributed by atoms with E-state index in [4.69, 9.17) is 6.42 Å². The number of nitrogens with zero attached hydrogens (tertiary/aromatic N) is 2. The number of likely N-dealkylation sites (N-methyl/N-ethyl adjacent to an activating group) is 2. The number of terminal acetylenes is 1. The van der Waals surface area contributed by atoms with E-state index < -0.39 is 0 Å². The third-order valence-corrected chi connectivity index (χ3v) is 1.71. The minimum atomic E-state index is -0.179. The molecule has 5 heteroatoms. The second kappa shape index (κ2) is 6.85. The summed E-state index contributed by atoms with van der Waals surface area (Å²) in [5, 5.41) is 2.52. The van der Waals surface area contributed by atoms with Crippen LogP contribution in [0.5, 0.6) is 0 Å². The molecule has 0 unspecified atom stereocenters. The zero-order valence-corrected chi connectivity index (χ0v) is 9.41. The second-order valence-electron chi connectivity index (χ2n) is 3.44. The lowest BCUT2D eigenvalue weighted by Crippen LogP contribution is -2.40. The number of hydrogen-bond donors (Lipinski definition) is 1. The minimum absolute atomic E-state index is 0.0396. The van der Waals surface area contributed by atoms with Gasteiger partial charge < -0.3 is 10.2 Å². The van der Waals surface area contributed by atoms with Gasteiger partial charge in [0.1, 0.15) is 0 Å². The van der Waals surface area contributed by atoms with Gasteiger partial charge in [0.2, 0.25) is 11.8 Å². The minimum Gasteiger partial charge on any atom is -0.348 e. The molecule has 0 aliphatic heterocycles. The summed E-state index contributed by atoms with van der Waals surface area (Å²) in [4.78, 5) is 25.6. The number of nitrogens with one attached hydrogen (secondary N) is 1. The highest BCUT2D eigenvalue weighted by Gasteiger charge is 2.10. The predicted molar refractivity (Wildman–Crippen MR) is 58.0 cm³/mol. The highest BCUT2D eigenvalue weighted by Crippen LogP contribution is 1.86. The van der Waals surface area contributed by atoms with Crippen LogP contribution in [0.25, 0.3) is 0 Å². The standard InChI is InChI=1S/C10H17N3O2/c1-5-6-11-9(14)7-13(4)8-10(15)12(2)3/h1H,6-8H2,2-4H3,(H,11,14). The molecule has 0 fully saturated rings. The quantitative estimate of drug-likeness (QED) is 0.578. The highest BCUT2D eigenvalue weighted by molar-refractivity contribution is 5.81. The molecule has 0 rings (SSSR count). The fourth-order valence-electron chi connectivity index (χ4n) is 0.879. The third-order valence-electron chi connectivity index (χ3n) is 1.71. The molecule has 0 spiro atoms. The molecule has 2 amide bonds. The van der Waals surface area contributed by atoms with Crippen molar-refractivity contribution in [2.45, 2.75) is 0 Å². The molecule has 0 saturated carbocycles. The summed E-state index contributed by atoms with van der Waals surface area (Å²) < 4.78 is 0. The van der Waals surface area contributed by atoms with Crippen LogP contribution in [-0.4, -0.2) is 62.4 Å². The summed E-state index contributed by atoms with van der Waals surface area (Å²) in [5.74, 6) is 2.09. The number of amides is 2. The Balaban J connectivity index is 3.84. The molecule has 0 atom stereocenters. The first-order chi connectivity index (χ1) is 6.97. The Morgan fingerprint density at radius 3 is 2.33 bits per heavy atom. The maximum atomic E-state index is 11.3. The van der Waals surface area contributed by atoms with Crippen LogP contribution in [0, 0.1) is 12.3 Å². The van der Waals surface area contributed by atoms with Crippen LogP contribution in [-0.2, 0) is 9.59 Å². The van der Waals surface area contributed by atoms with Gasteiger partial charge in [0.15, 0.2) is 0 Å². The van der Waals surface area contributed by atoms with Gasteiger partial charge in [0.25, 0.3) is 0 Å². The van der Waals surface area contributed by atoms with E-state index in [0.29, 0.717) is 0 Å². The molecule has 0 bridgehead atoms. The van der Waals surface area contributed by atoms with Gasteiger partial charge >= 0.3 is 0 Å².